The van der Waals surface area contributed by atoms with E-state index in [1.807, 2.05) is 0 Å². The number of hydrogen-bond acceptors (Lipinski definition) is 4. The first-order valence-corrected chi connectivity index (χ1v) is 5.83. The first kappa shape index (κ1) is 10.0. The van der Waals surface area contributed by atoms with Gasteiger partial charge in [-0.1, -0.05) is 0 Å². The predicted molar refractivity (Wildman–Crippen MR) is 55.8 cm³/mol. The molecule has 0 N–H and O–H groups in total. The van der Waals surface area contributed by atoms with Crippen molar-refractivity contribution in [3.05, 3.63) is 23.1 Å². The molecule has 0 unspecified atom stereocenters. The van der Waals surface area contributed by atoms with Crippen LogP contribution in [-0.2, 0) is 9.84 Å². The number of rotatable bonds is 2. The van der Waals surface area contributed by atoms with Gasteiger partial charge in [-0.3, -0.25) is 0 Å². The summed E-state index contributed by atoms with van der Waals surface area (Å²) < 4.78 is 33.5. The molecule has 1 aliphatic rings. The highest BCUT2D eigenvalue weighted by atomic mass is 32.2. The van der Waals surface area contributed by atoms with Gasteiger partial charge >= 0.3 is 0 Å². The SMILES string of the molecule is COc1ccc(OC)c2c1C=CS2(=O)=O. The van der Waals surface area contributed by atoms with Crippen molar-refractivity contribution in [2.45, 2.75) is 4.90 Å². The predicted octanol–water partition coefficient (Wildman–Crippen LogP) is 1.46. The Hall–Kier alpha value is -1.49. The molecule has 1 heterocycles. The molecule has 15 heavy (non-hydrogen) atoms. The highest BCUT2D eigenvalue weighted by molar-refractivity contribution is 7.95. The van der Waals surface area contributed by atoms with Crippen LogP contribution in [-0.4, -0.2) is 22.6 Å². The van der Waals surface area contributed by atoms with Gasteiger partial charge in [-0.05, 0) is 18.2 Å². The molecule has 1 aromatic rings. The third kappa shape index (κ3) is 1.39. The molecule has 4 nitrogen and oxygen atoms in total. The zero-order valence-corrected chi connectivity index (χ0v) is 9.17. The van der Waals surface area contributed by atoms with Gasteiger partial charge in [0.15, 0.2) is 0 Å². The van der Waals surface area contributed by atoms with Gasteiger partial charge in [0.25, 0.3) is 0 Å². The Morgan fingerprint density at radius 2 is 1.67 bits per heavy atom. The minimum atomic E-state index is -3.37. The second kappa shape index (κ2) is 3.27. The Balaban J connectivity index is 2.79. The third-order valence-electron chi connectivity index (χ3n) is 2.26. The Bertz CT molecular complexity index is 529. The van der Waals surface area contributed by atoms with Crippen LogP contribution < -0.4 is 9.47 Å². The van der Waals surface area contributed by atoms with E-state index in [1.165, 1.54) is 20.3 Å². The molecule has 5 heteroatoms. The molecule has 2 rings (SSSR count). The van der Waals surface area contributed by atoms with Gasteiger partial charge in [-0.2, -0.15) is 0 Å². The second-order valence-corrected chi connectivity index (χ2v) is 4.83. The van der Waals surface area contributed by atoms with Crippen LogP contribution in [0.1, 0.15) is 5.56 Å². The first-order chi connectivity index (χ1) is 7.10. The normalized spacial score (nSPS) is 16.1. The molecule has 0 amide bonds. The van der Waals surface area contributed by atoms with Gasteiger partial charge in [0.1, 0.15) is 16.4 Å². The minimum absolute atomic E-state index is 0.185. The molecule has 0 aliphatic carbocycles. The van der Waals surface area contributed by atoms with E-state index in [-0.39, 0.29) is 4.90 Å². The van der Waals surface area contributed by atoms with E-state index < -0.39 is 9.84 Å². The van der Waals surface area contributed by atoms with E-state index in [2.05, 4.69) is 0 Å². The summed E-state index contributed by atoms with van der Waals surface area (Å²) in [4.78, 5) is 0.185. The van der Waals surface area contributed by atoms with Gasteiger partial charge < -0.3 is 9.47 Å². The van der Waals surface area contributed by atoms with Gasteiger partial charge in [0, 0.05) is 11.0 Å². The average Bonchev–Trinajstić information content (AvgIpc) is 2.55. The van der Waals surface area contributed by atoms with Crippen LogP contribution >= 0.6 is 0 Å². The van der Waals surface area contributed by atoms with E-state index in [1.54, 1.807) is 12.1 Å². The van der Waals surface area contributed by atoms with Crippen molar-refractivity contribution >= 4 is 15.9 Å². The Labute approximate surface area is 88.0 Å². The van der Waals surface area contributed by atoms with Crippen LogP contribution in [0.15, 0.2) is 22.4 Å². The molecule has 0 atom stereocenters. The fourth-order valence-electron chi connectivity index (χ4n) is 1.58. The number of fused-ring (bicyclic) bond motifs is 1. The monoisotopic (exact) mass is 226 g/mol. The summed E-state index contributed by atoms with van der Waals surface area (Å²) in [6.07, 6.45) is 1.52. The summed E-state index contributed by atoms with van der Waals surface area (Å²) in [6.45, 7) is 0. The average molecular weight is 226 g/mol. The Kier molecular flexibility index (Phi) is 2.19. The smallest absolute Gasteiger partial charge is 0.204 e. The summed E-state index contributed by atoms with van der Waals surface area (Å²) in [6, 6.07) is 3.27. The van der Waals surface area contributed by atoms with Crippen molar-refractivity contribution in [2.75, 3.05) is 14.2 Å². The number of sulfone groups is 1. The summed E-state index contributed by atoms with van der Waals surface area (Å²) in [7, 11) is -0.425. The van der Waals surface area contributed by atoms with E-state index in [9.17, 15) is 8.42 Å². The van der Waals surface area contributed by atoms with Crippen LogP contribution in [0, 0.1) is 0 Å². The molecule has 1 aliphatic heterocycles. The van der Waals surface area contributed by atoms with E-state index in [4.69, 9.17) is 9.47 Å². The van der Waals surface area contributed by atoms with Crippen molar-refractivity contribution in [1.82, 2.24) is 0 Å². The molecule has 1 aromatic carbocycles. The molecule has 0 bridgehead atoms. The zero-order valence-electron chi connectivity index (χ0n) is 8.35. The Morgan fingerprint density at radius 1 is 1.07 bits per heavy atom. The highest BCUT2D eigenvalue weighted by Crippen LogP contribution is 2.40. The molecule has 0 saturated heterocycles. The summed E-state index contributed by atoms with van der Waals surface area (Å²) >= 11 is 0. The summed E-state index contributed by atoms with van der Waals surface area (Å²) in [5.41, 5.74) is 0.553. The fraction of sp³-hybridized carbons (Fsp3) is 0.200. The maximum absolute atomic E-state index is 11.7. The lowest BCUT2D eigenvalue weighted by Crippen LogP contribution is -1.99. The van der Waals surface area contributed by atoms with Crippen LogP contribution in [0.3, 0.4) is 0 Å². The third-order valence-corrected chi connectivity index (χ3v) is 3.74. The molecular weight excluding hydrogens is 216 g/mol. The second-order valence-electron chi connectivity index (χ2n) is 3.06. The van der Waals surface area contributed by atoms with Gasteiger partial charge in [-0.15, -0.1) is 0 Å². The van der Waals surface area contributed by atoms with Crippen molar-refractivity contribution in [3.8, 4) is 11.5 Å². The minimum Gasteiger partial charge on any atom is -0.496 e. The highest BCUT2D eigenvalue weighted by Gasteiger charge is 2.28. The molecule has 80 valence electrons. The number of methoxy groups -OCH3 is 2. The largest absolute Gasteiger partial charge is 0.496 e. The number of hydrogen-bond donors (Lipinski definition) is 0. The quantitative estimate of drug-likeness (QED) is 0.766. The molecule has 0 saturated carbocycles. The van der Waals surface area contributed by atoms with Crippen molar-refractivity contribution in [3.63, 3.8) is 0 Å². The fourth-order valence-corrected chi connectivity index (χ4v) is 2.94. The Morgan fingerprint density at radius 3 is 2.27 bits per heavy atom. The molecule has 0 aromatic heterocycles. The lowest BCUT2D eigenvalue weighted by atomic mass is 10.2. The molecular formula is C10H10O4S. The maximum atomic E-state index is 11.7. The molecule has 0 radical (unpaired) electrons. The van der Waals surface area contributed by atoms with Crippen LogP contribution in [0.2, 0.25) is 0 Å². The lowest BCUT2D eigenvalue weighted by Gasteiger charge is -2.09. The van der Waals surface area contributed by atoms with Gasteiger partial charge in [0.05, 0.1) is 14.2 Å². The van der Waals surface area contributed by atoms with Crippen molar-refractivity contribution in [1.29, 1.82) is 0 Å². The summed E-state index contributed by atoms with van der Waals surface area (Å²) in [5, 5.41) is 1.16. The van der Waals surface area contributed by atoms with E-state index in [0.717, 1.165) is 5.41 Å². The molecule has 0 fully saturated rings. The first-order valence-electron chi connectivity index (χ1n) is 4.28. The summed E-state index contributed by atoms with van der Waals surface area (Å²) in [5.74, 6) is 0.874. The number of ether oxygens (including phenoxy) is 2. The standard InChI is InChI=1S/C10H10O4S/c1-13-8-3-4-9(14-2)10-7(8)5-6-15(10,11)12/h3-6H,1-2H3. The molecule has 0 spiro atoms. The van der Waals surface area contributed by atoms with E-state index in [0.29, 0.717) is 17.1 Å². The van der Waals surface area contributed by atoms with Gasteiger partial charge in [0.2, 0.25) is 9.84 Å². The topological polar surface area (TPSA) is 52.6 Å². The zero-order chi connectivity index (χ0) is 11.1. The maximum Gasteiger partial charge on any atom is 0.204 e. The van der Waals surface area contributed by atoms with Gasteiger partial charge in [-0.25, -0.2) is 8.42 Å². The van der Waals surface area contributed by atoms with E-state index >= 15 is 0 Å². The van der Waals surface area contributed by atoms with Crippen LogP contribution in [0.25, 0.3) is 6.08 Å². The number of benzene rings is 1. The van der Waals surface area contributed by atoms with Crippen LogP contribution in [0.4, 0.5) is 0 Å². The lowest BCUT2D eigenvalue weighted by molar-refractivity contribution is 0.392. The van der Waals surface area contributed by atoms with Crippen LogP contribution in [0.5, 0.6) is 11.5 Å². The van der Waals surface area contributed by atoms with Crippen molar-refractivity contribution < 1.29 is 17.9 Å². The van der Waals surface area contributed by atoms with Crippen molar-refractivity contribution in [2.24, 2.45) is 0 Å².